The third kappa shape index (κ3) is 9.60. The minimum absolute atomic E-state index is 0.0341. The van der Waals surface area contributed by atoms with Crippen LogP contribution in [0.15, 0.2) is 52.9 Å². The number of benzene rings is 2. The molecule has 2 N–H and O–H groups in total. The van der Waals surface area contributed by atoms with Gasteiger partial charge in [-0.15, -0.1) is 4.36 Å². The molecule has 0 radical (unpaired) electrons. The number of hydrogen-bond acceptors (Lipinski definition) is 8. The van der Waals surface area contributed by atoms with E-state index in [1.54, 1.807) is 39.4 Å². The van der Waals surface area contributed by atoms with Crippen LogP contribution in [0.5, 0.6) is 5.75 Å². The van der Waals surface area contributed by atoms with Crippen LogP contribution in [0, 0.1) is 17.8 Å². The van der Waals surface area contributed by atoms with Crippen LogP contribution in [0.25, 0.3) is 0 Å². The molecule has 2 aromatic rings. The Hall–Kier alpha value is -3.81. The lowest BCUT2D eigenvalue weighted by Crippen LogP contribution is -2.53. The van der Waals surface area contributed by atoms with Gasteiger partial charge in [-0.25, -0.2) is 13.8 Å². The van der Waals surface area contributed by atoms with Crippen LogP contribution >= 0.6 is 11.6 Å². The fourth-order valence-corrected chi connectivity index (χ4v) is 10.3. The molecule has 2 fully saturated rings. The first-order chi connectivity index (χ1) is 26.2. The van der Waals surface area contributed by atoms with E-state index < -0.39 is 33.4 Å². The lowest BCUT2D eigenvalue weighted by Gasteiger charge is -2.44. The zero-order chi connectivity index (χ0) is 39.5. The molecule has 12 nitrogen and oxygen atoms in total. The highest BCUT2D eigenvalue weighted by atomic mass is 35.5. The first kappa shape index (κ1) is 40.8. The van der Waals surface area contributed by atoms with Gasteiger partial charge in [0, 0.05) is 69.2 Å². The average molecular weight is 798 g/mol. The number of methoxy groups -OCH3 is 1. The highest BCUT2D eigenvalue weighted by Crippen LogP contribution is 2.44. The molecule has 2 heterocycles. The highest BCUT2D eigenvalue weighted by Gasteiger charge is 2.42. The van der Waals surface area contributed by atoms with E-state index in [1.165, 1.54) is 16.0 Å². The molecule has 2 saturated carbocycles. The molecule has 2 aliphatic carbocycles. The number of urea groups is 1. The van der Waals surface area contributed by atoms with E-state index >= 15 is 0 Å². The molecule has 300 valence electrons. The van der Waals surface area contributed by atoms with Crippen molar-refractivity contribution in [3.63, 3.8) is 0 Å². The van der Waals surface area contributed by atoms with E-state index in [0.29, 0.717) is 55.0 Å². The van der Waals surface area contributed by atoms with Crippen LogP contribution in [0.4, 0.5) is 15.3 Å². The number of hydrogen-bond donors (Lipinski definition) is 2. The van der Waals surface area contributed by atoms with Crippen LogP contribution in [0.3, 0.4) is 0 Å². The van der Waals surface area contributed by atoms with Gasteiger partial charge in [-0.1, -0.05) is 57.0 Å². The maximum Gasteiger partial charge on any atom is 0.409 e. The Morgan fingerprint density at radius 3 is 2.64 bits per heavy atom. The van der Waals surface area contributed by atoms with Gasteiger partial charge < -0.3 is 29.3 Å². The molecule has 0 saturated heterocycles. The number of carbonyl (C=O) groups is 3. The van der Waals surface area contributed by atoms with Crippen LogP contribution < -0.4 is 19.7 Å². The number of anilines is 1. The van der Waals surface area contributed by atoms with E-state index in [4.69, 9.17) is 25.8 Å². The number of ether oxygens (including phenoxy) is 3. The summed E-state index contributed by atoms with van der Waals surface area (Å²) in [5.41, 5.74) is 3.02. The average Bonchev–Trinajstić information content (AvgIpc) is 3.24. The van der Waals surface area contributed by atoms with Crippen molar-refractivity contribution in [3.8, 4) is 5.75 Å². The second-order valence-corrected chi connectivity index (χ2v) is 18.7. The number of nitrogens with zero attached hydrogens (tertiary/aromatic N) is 3. The molecule has 14 heteroatoms. The summed E-state index contributed by atoms with van der Waals surface area (Å²) >= 11 is 6.49. The Bertz CT molecular complexity index is 1910. The Morgan fingerprint density at radius 1 is 1.16 bits per heavy atom. The largest absolute Gasteiger partial charge is 0.490 e. The minimum atomic E-state index is -3.57. The number of aryl methyl sites for hydroxylation is 1. The normalized spacial score (nSPS) is 31.2. The summed E-state index contributed by atoms with van der Waals surface area (Å²) in [6, 6.07) is 10.4. The maximum atomic E-state index is 14.5. The number of halogens is 1. The van der Waals surface area contributed by atoms with E-state index in [0.717, 1.165) is 37.9 Å². The number of amides is 4. The molecular weight excluding hydrogens is 742 g/mol. The van der Waals surface area contributed by atoms with Crippen molar-refractivity contribution in [3.05, 3.63) is 70.3 Å². The number of nitrogens with one attached hydrogen (secondary N) is 2. The Balaban J connectivity index is 1.32. The first-order valence-electron chi connectivity index (χ1n) is 19.4. The SMILES string of the molecule is CCCc1cc(Cl)ccc1[C@]1(C)COc2ccc3cc2N(C[C@@H]2CC[C@H]2[C@@H](OC)/C=C/C[C@H](C)CS(=O)(NC(=O)NC2CC(OC(=O)N(C)C)C2)=NC3=O)C1. The fourth-order valence-electron chi connectivity index (χ4n) is 8.27. The number of rotatable bonds is 7. The minimum Gasteiger partial charge on any atom is -0.490 e. The third-order valence-electron chi connectivity index (χ3n) is 11.4. The lowest BCUT2D eigenvalue weighted by atomic mass is 9.69. The van der Waals surface area contributed by atoms with Gasteiger partial charge in [0.25, 0.3) is 5.91 Å². The summed E-state index contributed by atoms with van der Waals surface area (Å²) in [7, 11) is 1.38. The van der Waals surface area contributed by atoms with Gasteiger partial charge in [0.2, 0.25) is 0 Å². The fraction of sp³-hybridized carbons (Fsp3) is 0.585. The second kappa shape index (κ2) is 17.1. The summed E-state index contributed by atoms with van der Waals surface area (Å²) in [6.07, 6.45) is 8.69. The standard InChI is InChI=1S/C41H56ClN5O7S/c1-7-9-27-18-30(42)14-16-34(27)41(3)24-47-22-29-12-15-33(29)36(52-6)11-8-10-26(2)23-55(51,44-38(48)28-13-17-37(53-25-41)35(47)19-28)45-39(49)43-31-20-32(21-31)54-40(50)46(4)5/h8,11,13-14,16-19,26,29,31-33,36H,7,9-10,12,15,20-25H2,1-6H3,(H2,43,44,45,48,49,51)/b11-8+/t26-,29-,31?,32?,33+,36-,41-,55?/m0/s1. The third-order valence-corrected chi connectivity index (χ3v) is 13.6. The molecule has 2 aromatic carbocycles. The van der Waals surface area contributed by atoms with Crippen LogP contribution in [-0.4, -0.2) is 92.0 Å². The van der Waals surface area contributed by atoms with Crippen molar-refractivity contribution in [1.82, 2.24) is 14.9 Å². The van der Waals surface area contributed by atoms with Crippen molar-refractivity contribution in [2.24, 2.45) is 22.1 Å². The second-order valence-electron chi connectivity index (χ2n) is 16.3. The van der Waals surface area contributed by atoms with Crippen molar-refractivity contribution >= 4 is 45.2 Å². The number of allylic oxidation sites excluding steroid dienone is 1. The zero-order valence-corrected chi connectivity index (χ0v) is 34.4. The van der Waals surface area contributed by atoms with Crippen molar-refractivity contribution < 1.29 is 32.8 Å². The molecule has 4 amide bonds. The van der Waals surface area contributed by atoms with Crippen LogP contribution in [0.1, 0.15) is 80.8 Å². The predicted octanol–water partition coefficient (Wildman–Crippen LogP) is 7.14. The first-order valence-corrected chi connectivity index (χ1v) is 21.5. The summed E-state index contributed by atoms with van der Waals surface area (Å²) in [5.74, 6) is 0.425. The number of carbonyl (C=O) groups excluding carboxylic acids is 3. The molecule has 4 aliphatic rings. The molecule has 0 spiro atoms. The highest BCUT2D eigenvalue weighted by molar-refractivity contribution is 7.92. The summed E-state index contributed by atoms with van der Waals surface area (Å²) in [6.45, 7) is 8.12. The molecule has 2 bridgehead atoms. The number of fused-ring (bicyclic) bond motifs is 2. The summed E-state index contributed by atoms with van der Waals surface area (Å²) < 4.78 is 39.4. The van der Waals surface area contributed by atoms with Crippen molar-refractivity contribution in [2.75, 3.05) is 51.6 Å². The van der Waals surface area contributed by atoms with Crippen molar-refractivity contribution in [2.45, 2.75) is 89.4 Å². The predicted molar refractivity (Wildman–Crippen MR) is 215 cm³/mol. The Morgan fingerprint density at radius 2 is 1.95 bits per heavy atom. The Labute approximate surface area is 331 Å². The van der Waals surface area contributed by atoms with Crippen molar-refractivity contribution in [1.29, 1.82) is 0 Å². The maximum absolute atomic E-state index is 14.5. The summed E-state index contributed by atoms with van der Waals surface area (Å²) in [4.78, 5) is 42.9. The lowest BCUT2D eigenvalue weighted by molar-refractivity contribution is 0.0132. The monoisotopic (exact) mass is 797 g/mol. The van der Waals surface area contributed by atoms with E-state index in [2.05, 4.69) is 57.4 Å². The molecule has 6 atom stereocenters. The van der Waals surface area contributed by atoms with E-state index in [9.17, 15) is 18.6 Å². The molecule has 0 aromatic heterocycles. The van der Waals surface area contributed by atoms with Gasteiger partial charge >= 0.3 is 12.1 Å². The topological polar surface area (TPSA) is 139 Å². The van der Waals surface area contributed by atoms with Gasteiger partial charge in [0.15, 0.2) is 0 Å². The Kier molecular flexibility index (Phi) is 12.7. The molecule has 2 aliphatic heterocycles. The van der Waals surface area contributed by atoms with Gasteiger partial charge in [-0.3, -0.25) is 9.52 Å². The molecule has 6 rings (SSSR count). The molecule has 55 heavy (non-hydrogen) atoms. The van der Waals surface area contributed by atoms with E-state index in [-0.39, 0.29) is 35.5 Å². The molecular formula is C41H56ClN5O7S. The smallest absolute Gasteiger partial charge is 0.409 e. The van der Waals surface area contributed by atoms with Gasteiger partial charge in [0.05, 0.1) is 24.2 Å². The van der Waals surface area contributed by atoms with Gasteiger partial charge in [0.1, 0.15) is 21.8 Å². The van der Waals surface area contributed by atoms with Crippen LogP contribution in [0.2, 0.25) is 5.02 Å². The zero-order valence-electron chi connectivity index (χ0n) is 32.8. The van der Waals surface area contributed by atoms with Crippen LogP contribution in [-0.2, 0) is 31.2 Å². The quantitative estimate of drug-likeness (QED) is 0.282. The van der Waals surface area contributed by atoms with E-state index in [1.807, 2.05) is 13.0 Å². The summed E-state index contributed by atoms with van der Waals surface area (Å²) in [5, 5.41) is 3.52. The molecule has 1 unspecified atom stereocenters. The van der Waals surface area contributed by atoms with Gasteiger partial charge in [-0.05, 0) is 84.9 Å². The van der Waals surface area contributed by atoms with Gasteiger partial charge in [-0.2, -0.15) is 0 Å².